The molecule has 0 saturated carbocycles. The Morgan fingerprint density at radius 1 is 1.35 bits per heavy atom. The monoisotopic (exact) mass is 238 g/mol. The predicted octanol–water partition coefficient (Wildman–Crippen LogP) is 2.24. The van der Waals surface area contributed by atoms with Crippen molar-refractivity contribution in [2.75, 3.05) is 24.2 Å². The summed E-state index contributed by atoms with van der Waals surface area (Å²) < 4.78 is 5.61. The number of para-hydroxylation sites is 1. The maximum absolute atomic E-state index is 8.69. The molecule has 96 valence electrons. The van der Waals surface area contributed by atoms with Crippen LogP contribution in [0.5, 0.6) is 5.75 Å². The molecule has 0 aromatic heterocycles. The molecule has 1 aromatic rings. The molecule has 17 heavy (non-hydrogen) atoms. The van der Waals surface area contributed by atoms with Crippen molar-refractivity contribution in [2.45, 2.75) is 32.8 Å². The molecule has 1 aromatic carbocycles. The van der Waals surface area contributed by atoms with Gasteiger partial charge in [-0.05, 0) is 38.8 Å². The van der Waals surface area contributed by atoms with E-state index in [2.05, 4.69) is 5.32 Å². The third-order valence-corrected chi connectivity index (χ3v) is 2.33. The van der Waals surface area contributed by atoms with Crippen molar-refractivity contribution in [1.82, 2.24) is 0 Å². The van der Waals surface area contributed by atoms with Gasteiger partial charge < -0.3 is 20.9 Å². The van der Waals surface area contributed by atoms with Gasteiger partial charge in [-0.2, -0.15) is 0 Å². The number of hydrogen-bond acceptors (Lipinski definition) is 4. The van der Waals surface area contributed by atoms with Crippen LogP contribution in [0, 0.1) is 0 Å². The van der Waals surface area contributed by atoms with Crippen LogP contribution in [0.1, 0.15) is 26.7 Å². The van der Waals surface area contributed by atoms with Gasteiger partial charge in [0.1, 0.15) is 5.75 Å². The number of ether oxygens (including phenoxy) is 1. The first-order valence-corrected chi connectivity index (χ1v) is 6.05. The van der Waals surface area contributed by atoms with Gasteiger partial charge >= 0.3 is 0 Å². The molecular weight excluding hydrogens is 216 g/mol. The first-order chi connectivity index (χ1) is 8.15. The molecule has 1 rings (SSSR count). The lowest BCUT2D eigenvalue weighted by Gasteiger charge is -2.15. The van der Waals surface area contributed by atoms with Crippen LogP contribution in [0.4, 0.5) is 11.4 Å². The summed E-state index contributed by atoms with van der Waals surface area (Å²) in [5, 5.41) is 11.9. The van der Waals surface area contributed by atoms with Crippen LogP contribution in [0.2, 0.25) is 0 Å². The van der Waals surface area contributed by atoms with Crippen LogP contribution >= 0.6 is 0 Å². The minimum atomic E-state index is 0.113. The van der Waals surface area contributed by atoms with Gasteiger partial charge in [-0.3, -0.25) is 0 Å². The van der Waals surface area contributed by atoms with Gasteiger partial charge in [-0.15, -0.1) is 0 Å². The number of nitrogens with one attached hydrogen (secondary N) is 1. The highest BCUT2D eigenvalue weighted by Gasteiger charge is 2.06. The van der Waals surface area contributed by atoms with Crippen LogP contribution in [0.25, 0.3) is 0 Å². The summed E-state index contributed by atoms with van der Waals surface area (Å²) in [6.07, 6.45) is 1.84. The van der Waals surface area contributed by atoms with E-state index in [4.69, 9.17) is 15.6 Å². The molecule has 0 spiro atoms. The van der Waals surface area contributed by atoms with E-state index < -0.39 is 0 Å². The van der Waals surface area contributed by atoms with Gasteiger partial charge in [-0.25, -0.2) is 0 Å². The Morgan fingerprint density at radius 2 is 2.12 bits per heavy atom. The van der Waals surface area contributed by atoms with Gasteiger partial charge in [-0.1, -0.05) is 6.07 Å². The van der Waals surface area contributed by atoms with Gasteiger partial charge in [0.2, 0.25) is 0 Å². The molecule has 0 radical (unpaired) electrons. The number of aliphatic hydroxyl groups excluding tert-OH is 1. The van der Waals surface area contributed by atoms with Crippen LogP contribution in [-0.2, 0) is 0 Å². The van der Waals surface area contributed by atoms with Crippen LogP contribution in [-0.4, -0.2) is 24.4 Å². The van der Waals surface area contributed by atoms with E-state index in [9.17, 15) is 0 Å². The third kappa shape index (κ3) is 4.53. The quantitative estimate of drug-likeness (QED) is 0.503. The molecule has 0 unspecified atom stereocenters. The lowest BCUT2D eigenvalue weighted by Crippen LogP contribution is -2.10. The van der Waals surface area contributed by atoms with Crippen molar-refractivity contribution >= 4 is 11.4 Å². The molecule has 0 atom stereocenters. The van der Waals surface area contributed by atoms with E-state index >= 15 is 0 Å². The predicted molar refractivity (Wildman–Crippen MR) is 71.4 cm³/mol. The summed E-state index contributed by atoms with van der Waals surface area (Å²) in [6, 6.07) is 5.72. The first-order valence-electron chi connectivity index (χ1n) is 6.05. The number of nitrogen functional groups attached to an aromatic ring is 1. The second kappa shape index (κ2) is 7.01. The molecule has 0 fully saturated rings. The zero-order valence-corrected chi connectivity index (χ0v) is 10.6. The Hall–Kier alpha value is -1.42. The molecule has 0 heterocycles. The smallest absolute Gasteiger partial charge is 0.144 e. The Kier molecular flexibility index (Phi) is 5.63. The van der Waals surface area contributed by atoms with E-state index in [1.807, 2.05) is 32.0 Å². The third-order valence-electron chi connectivity index (χ3n) is 2.33. The SMILES string of the molecule is CC(C)Oc1cccc(NCCCCO)c1N. The lowest BCUT2D eigenvalue weighted by molar-refractivity contribution is 0.244. The fourth-order valence-corrected chi connectivity index (χ4v) is 1.51. The highest BCUT2D eigenvalue weighted by atomic mass is 16.5. The van der Waals surface area contributed by atoms with E-state index in [-0.39, 0.29) is 12.7 Å². The van der Waals surface area contributed by atoms with E-state index in [1.165, 1.54) is 0 Å². The molecule has 0 amide bonds. The van der Waals surface area contributed by atoms with Crippen molar-refractivity contribution in [1.29, 1.82) is 0 Å². The van der Waals surface area contributed by atoms with Gasteiger partial charge in [0.15, 0.2) is 0 Å². The fraction of sp³-hybridized carbons (Fsp3) is 0.538. The topological polar surface area (TPSA) is 67.5 Å². The minimum absolute atomic E-state index is 0.113. The van der Waals surface area contributed by atoms with E-state index in [0.29, 0.717) is 11.4 Å². The molecular formula is C13H22N2O2. The second-order valence-electron chi connectivity index (χ2n) is 4.24. The Bertz CT molecular complexity index is 340. The highest BCUT2D eigenvalue weighted by molar-refractivity contribution is 5.72. The van der Waals surface area contributed by atoms with E-state index in [1.54, 1.807) is 0 Å². The van der Waals surface area contributed by atoms with Crippen molar-refractivity contribution in [3.63, 3.8) is 0 Å². The first kappa shape index (κ1) is 13.6. The van der Waals surface area contributed by atoms with Gasteiger partial charge in [0, 0.05) is 13.2 Å². The normalized spacial score (nSPS) is 10.6. The maximum Gasteiger partial charge on any atom is 0.144 e. The Balaban J connectivity index is 2.59. The number of rotatable bonds is 7. The van der Waals surface area contributed by atoms with Crippen LogP contribution in [0.3, 0.4) is 0 Å². The van der Waals surface area contributed by atoms with Crippen molar-refractivity contribution < 1.29 is 9.84 Å². The maximum atomic E-state index is 8.69. The zero-order valence-electron chi connectivity index (χ0n) is 10.6. The molecule has 4 N–H and O–H groups in total. The summed E-state index contributed by atoms with van der Waals surface area (Å²) in [6.45, 7) is 4.98. The van der Waals surface area contributed by atoms with Crippen molar-refractivity contribution in [2.24, 2.45) is 0 Å². The minimum Gasteiger partial charge on any atom is -0.489 e. The largest absolute Gasteiger partial charge is 0.489 e. The molecule has 4 nitrogen and oxygen atoms in total. The molecule has 0 saturated heterocycles. The van der Waals surface area contributed by atoms with Gasteiger partial charge in [0.05, 0.1) is 17.5 Å². The average molecular weight is 238 g/mol. The summed E-state index contributed by atoms with van der Waals surface area (Å²) in [5.74, 6) is 0.715. The molecule has 0 aliphatic rings. The number of benzene rings is 1. The number of nitrogens with two attached hydrogens (primary N) is 1. The highest BCUT2D eigenvalue weighted by Crippen LogP contribution is 2.29. The molecule has 0 aliphatic carbocycles. The summed E-state index contributed by atoms with van der Waals surface area (Å²) in [5.41, 5.74) is 7.54. The van der Waals surface area contributed by atoms with Crippen molar-refractivity contribution in [3.05, 3.63) is 18.2 Å². The Labute approximate surface area is 103 Å². The number of hydrogen-bond donors (Lipinski definition) is 3. The average Bonchev–Trinajstić information content (AvgIpc) is 2.28. The summed E-state index contributed by atoms with van der Waals surface area (Å²) in [4.78, 5) is 0. The van der Waals surface area contributed by atoms with Crippen LogP contribution in [0.15, 0.2) is 18.2 Å². The molecule has 4 heteroatoms. The summed E-state index contributed by atoms with van der Waals surface area (Å²) in [7, 11) is 0. The lowest BCUT2D eigenvalue weighted by atomic mass is 10.2. The number of anilines is 2. The zero-order chi connectivity index (χ0) is 12.7. The fourth-order valence-electron chi connectivity index (χ4n) is 1.51. The standard InChI is InChI=1S/C13H22N2O2/c1-10(2)17-12-7-5-6-11(13(12)14)15-8-3-4-9-16/h5-7,10,15-16H,3-4,8-9,14H2,1-2H3. The second-order valence-corrected chi connectivity index (χ2v) is 4.24. The van der Waals surface area contributed by atoms with Crippen LogP contribution < -0.4 is 15.8 Å². The number of unbranched alkanes of at least 4 members (excludes halogenated alkanes) is 1. The molecule has 0 bridgehead atoms. The van der Waals surface area contributed by atoms with E-state index in [0.717, 1.165) is 25.1 Å². The number of aliphatic hydroxyl groups is 1. The summed E-state index contributed by atoms with van der Waals surface area (Å²) >= 11 is 0. The van der Waals surface area contributed by atoms with Gasteiger partial charge in [0.25, 0.3) is 0 Å². The van der Waals surface area contributed by atoms with Crippen molar-refractivity contribution in [3.8, 4) is 5.75 Å². The Morgan fingerprint density at radius 3 is 2.76 bits per heavy atom. The molecule has 0 aliphatic heterocycles.